The highest BCUT2D eigenvalue weighted by atomic mass is 16.5. The highest BCUT2D eigenvalue weighted by Gasteiger charge is 2.17. The first-order chi connectivity index (χ1) is 9.20. The molecule has 3 heteroatoms. The van der Waals surface area contributed by atoms with Crippen LogP contribution in [0.5, 0.6) is 5.75 Å². The van der Waals surface area contributed by atoms with Gasteiger partial charge in [0.1, 0.15) is 5.75 Å². The zero-order valence-corrected chi connectivity index (χ0v) is 12.4. The summed E-state index contributed by atoms with van der Waals surface area (Å²) in [6, 6.07) is 6.95. The van der Waals surface area contributed by atoms with Crippen molar-refractivity contribution < 1.29 is 4.74 Å². The Labute approximate surface area is 116 Å². The first-order valence-electron chi connectivity index (χ1n) is 7.29. The Kier molecular flexibility index (Phi) is 5.08. The topological polar surface area (TPSA) is 24.5 Å². The van der Waals surface area contributed by atoms with Gasteiger partial charge in [-0.25, -0.2) is 0 Å². The number of piperidine rings is 1. The molecule has 1 fully saturated rings. The van der Waals surface area contributed by atoms with Crippen LogP contribution in [0.3, 0.4) is 0 Å². The lowest BCUT2D eigenvalue weighted by Gasteiger charge is -2.32. The summed E-state index contributed by atoms with van der Waals surface area (Å²) in [5.41, 5.74) is 2.47. The maximum absolute atomic E-state index is 5.23. The van der Waals surface area contributed by atoms with E-state index in [-0.39, 0.29) is 0 Å². The number of anilines is 1. The molecule has 106 valence electrons. The number of hydrogen-bond donors (Lipinski definition) is 1. The minimum absolute atomic E-state index is 0.750. The van der Waals surface area contributed by atoms with Gasteiger partial charge in [0.25, 0.3) is 0 Å². The van der Waals surface area contributed by atoms with Crippen LogP contribution in [0.2, 0.25) is 0 Å². The molecule has 0 saturated carbocycles. The van der Waals surface area contributed by atoms with E-state index in [0.717, 1.165) is 18.3 Å². The van der Waals surface area contributed by atoms with Crippen LogP contribution in [-0.2, 0) is 0 Å². The van der Waals surface area contributed by atoms with Gasteiger partial charge >= 0.3 is 0 Å². The third-order valence-electron chi connectivity index (χ3n) is 4.15. The number of hydrogen-bond acceptors (Lipinski definition) is 3. The van der Waals surface area contributed by atoms with Gasteiger partial charge in [-0.15, -0.1) is 0 Å². The summed E-state index contributed by atoms with van der Waals surface area (Å²) in [5, 5.41) is 3.55. The van der Waals surface area contributed by atoms with E-state index in [1.54, 1.807) is 7.11 Å². The smallest absolute Gasteiger partial charge is 0.119 e. The molecule has 1 aliphatic rings. The summed E-state index contributed by atoms with van der Waals surface area (Å²) in [4.78, 5) is 2.51. The molecule has 0 spiro atoms. The third kappa shape index (κ3) is 3.87. The molecule has 19 heavy (non-hydrogen) atoms. The molecule has 1 heterocycles. The second-order valence-corrected chi connectivity index (χ2v) is 5.53. The number of benzene rings is 1. The summed E-state index contributed by atoms with van der Waals surface area (Å²) in [5.74, 6) is 0.926. The fourth-order valence-electron chi connectivity index (χ4n) is 2.84. The van der Waals surface area contributed by atoms with Gasteiger partial charge in [0.2, 0.25) is 0 Å². The fraction of sp³-hybridized carbons (Fsp3) is 0.625. The molecule has 1 saturated heterocycles. The second-order valence-electron chi connectivity index (χ2n) is 5.53. The lowest BCUT2D eigenvalue weighted by molar-refractivity contribution is 0.179. The highest BCUT2D eigenvalue weighted by molar-refractivity contribution is 5.53. The first-order valence-corrected chi connectivity index (χ1v) is 7.29. The zero-order chi connectivity index (χ0) is 13.7. The van der Waals surface area contributed by atoms with E-state index >= 15 is 0 Å². The van der Waals surface area contributed by atoms with Crippen molar-refractivity contribution in [1.82, 2.24) is 4.90 Å². The Morgan fingerprint density at radius 2 is 2.21 bits per heavy atom. The first kappa shape index (κ1) is 14.2. The predicted molar refractivity (Wildman–Crippen MR) is 81.1 cm³/mol. The van der Waals surface area contributed by atoms with E-state index in [9.17, 15) is 0 Å². The maximum atomic E-state index is 5.23. The van der Waals surface area contributed by atoms with Crippen molar-refractivity contribution in [2.75, 3.05) is 32.6 Å². The van der Waals surface area contributed by atoms with Gasteiger partial charge < -0.3 is 15.0 Å². The average molecular weight is 262 g/mol. The fourth-order valence-corrected chi connectivity index (χ4v) is 2.84. The predicted octanol–water partition coefficient (Wildman–Crippen LogP) is 3.29. The third-order valence-corrected chi connectivity index (χ3v) is 4.15. The Balaban J connectivity index is 1.82. The average Bonchev–Trinajstić information content (AvgIpc) is 2.42. The summed E-state index contributed by atoms with van der Waals surface area (Å²) >= 11 is 0. The Hall–Kier alpha value is -1.22. The van der Waals surface area contributed by atoms with Gasteiger partial charge in [-0.2, -0.15) is 0 Å². The lowest BCUT2D eigenvalue weighted by Crippen LogP contribution is -2.37. The van der Waals surface area contributed by atoms with Crippen molar-refractivity contribution in [3.05, 3.63) is 23.8 Å². The number of likely N-dealkylation sites (tertiary alicyclic amines) is 1. The molecule has 1 N–H and O–H groups in total. The van der Waals surface area contributed by atoms with Gasteiger partial charge in [0.05, 0.1) is 7.11 Å². The van der Waals surface area contributed by atoms with Crippen molar-refractivity contribution in [2.45, 2.75) is 38.6 Å². The normalized spacial score (nSPS) is 20.3. The number of aryl methyl sites for hydroxylation is 1. The molecule has 2 rings (SSSR count). The van der Waals surface area contributed by atoms with E-state index < -0.39 is 0 Å². The Bertz CT molecular complexity index is 406. The summed E-state index contributed by atoms with van der Waals surface area (Å²) in [7, 11) is 3.96. The number of ether oxygens (including phenoxy) is 1. The van der Waals surface area contributed by atoms with Crippen LogP contribution in [0.4, 0.5) is 5.69 Å². The molecule has 0 aliphatic carbocycles. The summed E-state index contributed by atoms with van der Waals surface area (Å²) < 4.78 is 5.23. The van der Waals surface area contributed by atoms with Crippen LogP contribution in [0.25, 0.3) is 0 Å². The van der Waals surface area contributed by atoms with Crippen molar-refractivity contribution in [3.8, 4) is 5.75 Å². The molecule has 1 atom stereocenters. The SMILES string of the molecule is COc1ccc(NCCC2CCCCN2C)c(C)c1. The molecule has 0 aromatic heterocycles. The van der Waals surface area contributed by atoms with E-state index in [4.69, 9.17) is 4.74 Å². The van der Waals surface area contributed by atoms with Crippen molar-refractivity contribution in [3.63, 3.8) is 0 Å². The Morgan fingerprint density at radius 3 is 2.89 bits per heavy atom. The molecule has 3 nitrogen and oxygen atoms in total. The van der Waals surface area contributed by atoms with Crippen LogP contribution in [0, 0.1) is 6.92 Å². The Morgan fingerprint density at radius 1 is 1.37 bits per heavy atom. The molecule has 0 amide bonds. The van der Waals surface area contributed by atoms with Crippen LogP contribution in [-0.4, -0.2) is 38.2 Å². The number of nitrogens with zero attached hydrogens (tertiary/aromatic N) is 1. The summed E-state index contributed by atoms with van der Waals surface area (Å²) in [6.45, 7) is 4.42. The number of rotatable bonds is 5. The van der Waals surface area contributed by atoms with E-state index in [0.29, 0.717) is 0 Å². The standard InChI is InChI=1S/C16H26N2O/c1-13-12-15(19-3)7-8-16(13)17-10-9-14-6-4-5-11-18(14)2/h7-8,12,14,17H,4-6,9-11H2,1-3H3. The van der Waals surface area contributed by atoms with Gasteiger partial charge in [0, 0.05) is 18.3 Å². The minimum Gasteiger partial charge on any atom is -0.497 e. The van der Waals surface area contributed by atoms with Gasteiger partial charge in [0.15, 0.2) is 0 Å². The second kappa shape index (κ2) is 6.80. The molecule has 1 aliphatic heterocycles. The van der Waals surface area contributed by atoms with E-state index in [1.165, 1.54) is 43.5 Å². The van der Waals surface area contributed by atoms with E-state index in [2.05, 4.69) is 36.3 Å². The highest BCUT2D eigenvalue weighted by Crippen LogP contribution is 2.22. The summed E-state index contributed by atoms with van der Waals surface area (Å²) in [6.07, 6.45) is 5.32. The quantitative estimate of drug-likeness (QED) is 0.881. The molecular formula is C16H26N2O. The van der Waals surface area contributed by atoms with E-state index in [1.807, 2.05) is 6.07 Å². The van der Waals surface area contributed by atoms with Crippen molar-refractivity contribution >= 4 is 5.69 Å². The van der Waals surface area contributed by atoms with Crippen LogP contribution >= 0.6 is 0 Å². The van der Waals surface area contributed by atoms with Crippen LogP contribution in [0.15, 0.2) is 18.2 Å². The van der Waals surface area contributed by atoms with Crippen molar-refractivity contribution in [1.29, 1.82) is 0 Å². The number of nitrogens with one attached hydrogen (secondary N) is 1. The van der Waals surface area contributed by atoms with Gasteiger partial charge in [-0.1, -0.05) is 6.42 Å². The lowest BCUT2D eigenvalue weighted by atomic mass is 10.00. The minimum atomic E-state index is 0.750. The van der Waals surface area contributed by atoms with Crippen LogP contribution < -0.4 is 10.1 Å². The molecule has 0 radical (unpaired) electrons. The monoisotopic (exact) mass is 262 g/mol. The maximum Gasteiger partial charge on any atom is 0.119 e. The molecule has 1 aromatic rings. The zero-order valence-electron chi connectivity index (χ0n) is 12.4. The van der Waals surface area contributed by atoms with Gasteiger partial charge in [-0.05, 0) is 63.5 Å². The largest absolute Gasteiger partial charge is 0.497 e. The van der Waals surface area contributed by atoms with Crippen LogP contribution in [0.1, 0.15) is 31.2 Å². The molecular weight excluding hydrogens is 236 g/mol. The van der Waals surface area contributed by atoms with Crippen molar-refractivity contribution in [2.24, 2.45) is 0 Å². The molecule has 1 aromatic carbocycles. The van der Waals surface area contributed by atoms with Gasteiger partial charge in [-0.3, -0.25) is 0 Å². The molecule has 0 bridgehead atoms. The molecule has 1 unspecified atom stereocenters. The number of methoxy groups -OCH3 is 1.